The Morgan fingerprint density at radius 2 is 1.76 bits per heavy atom. The van der Waals surface area contributed by atoms with Gasteiger partial charge >= 0.3 is 0 Å². The van der Waals surface area contributed by atoms with Crippen molar-refractivity contribution in [1.29, 1.82) is 0 Å². The van der Waals surface area contributed by atoms with Crippen LogP contribution in [0.15, 0.2) is 81.4 Å². The first kappa shape index (κ1) is 19.2. The molecule has 2 heterocycles. The van der Waals surface area contributed by atoms with Gasteiger partial charge in [-0.15, -0.1) is 0 Å². The Morgan fingerprint density at radius 1 is 1.07 bits per heavy atom. The summed E-state index contributed by atoms with van der Waals surface area (Å²) in [5.41, 5.74) is 2.14. The minimum Gasteiger partial charge on any atom is -0.507 e. The number of aryl methyl sites for hydroxylation is 1. The number of furan rings is 1. The molecule has 0 saturated carbocycles. The van der Waals surface area contributed by atoms with Crippen LogP contribution in [0.25, 0.3) is 5.76 Å². The number of anilines is 1. The minimum atomic E-state index is -0.846. The van der Waals surface area contributed by atoms with Gasteiger partial charge in [-0.05, 0) is 48.4 Å². The normalized spacial score (nSPS) is 18.4. The number of hydrogen-bond donors (Lipinski definition) is 1. The maximum absolute atomic E-state index is 12.9. The van der Waals surface area contributed by atoms with E-state index < -0.39 is 17.7 Å². The van der Waals surface area contributed by atoms with E-state index in [2.05, 4.69) is 15.9 Å². The van der Waals surface area contributed by atoms with Gasteiger partial charge in [0.1, 0.15) is 17.6 Å². The fraction of sp³-hybridized carbons (Fsp3) is 0.130. The summed E-state index contributed by atoms with van der Waals surface area (Å²) in [5, 5.41) is 10.9. The second kappa shape index (κ2) is 7.72. The van der Waals surface area contributed by atoms with Crippen LogP contribution in [0.4, 0.5) is 5.69 Å². The van der Waals surface area contributed by atoms with Crippen molar-refractivity contribution >= 4 is 39.1 Å². The number of halogens is 1. The average Bonchev–Trinajstić information content (AvgIpc) is 3.35. The monoisotopic (exact) mass is 451 g/mol. The van der Waals surface area contributed by atoms with Gasteiger partial charge in [-0.1, -0.05) is 47.1 Å². The molecule has 1 aliphatic rings. The SMILES string of the molecule is CCc1ccc(N2C(=O)C(=O)/C(=C(\O)c3ccc(Br)cc3)C2c2ccco2)cc1. The largest absolute Gasteiger partial charge is 0.507 e. The summed E-state index contributed by atoms with van der Waals surface area (Å²) in [6.07, 6.45) is 2.35. The van der Waals surface area contributed by atoms with Gasteiger partial charge in [0.25, 0.3) is 11.7 Å². The predicted molar refractivity (Wildman–Crippen MR) is 113 cm³/mol. The number of nitrogens with zero attached hydrogens (tertiary/aromatic N) is 1. The van der Waals surface area contributed by atoms with E-state index in [-0.39, 0.29) is 11.3 Å². The van der Waals surface area contributed by atoms with E-state index in [1.165, 1.54) is 11.2 Å². The summed E-state index contributed by atoms with van der Waals surface area (Å²) >= 11 is 3.35. The highest BCUT2D eigenvalue weighted by Gasteiger charge is 2.48. The van der Waals surface area contributed by atoms with Crippen LogP contribution < -0.4 is 4.90 Å². The van der Waals surface area contributed by atoms with Crippen LogP contribution in [-0.2, 0) is 16.0 Å². The molecule has 0 bridgehead atoms. The molecule has 1 saturated heterocycles. The molecule has 4 rings (SSSR count). The smallest absolute Gasteiger partial charge is 0.300 e. The van der Waals surface area contributed by atoms with Crippen LogP contribution in [-0.4, -0.2) is 16.8 Å². The van der Waals surface area contributed by atoms with Crippen molar-refractivity contribution in [3.8, 4) is 0 Å². The molecular formula is C23H18BrNO4. The van der Waals surface area contributed by atoms with Crippen LogP contribution in [0.5, 0.6) is 0 Å². The number of amides is 1. The second-order valence-electron chi connectivity index (χ2n) is 6.71. The molecule has 0 aliphatic carbocycles. The molecule has 6 heteroatoms. The maximum Gasteiger partial charge on any atom is 0.300 e. The van der Waals surface area contributed by atoms with Gasteiger partial charge in [0.15, 0.2) is 0 Å². The zero-order valence-electron chi connectivity index (χ0n) is 15.6. The van der Waals surface area contributed by atoms with Gasteiger partial charge in [0.2, 0.25) is 0 Å². The Kier molecular flexibility index (Phi) is 5.11. The van der Waals surface area contributed by atoms with E-state index >= 15 is 0 Å². The first-order valence-corrected chi connectivity index (χ1v) is 10.00. The molecular weight excluding hydrogens is 434 g/mol. The number of carbonyl (C=O) groups excluding carboxylic acids is 2. The summed E-state index contributed by atoms with van der Waals surface area (Å²) in [7, 11) is 0. The minimum absolute atomic E-state index is 0.00633. The van der Waals surface area contributed by atoms with Crippen molar-refractivity contribution in [3.63, 3.8) is 0 Å². The fourth-order valence-corrected chi connectivity index (χ4v) is 3.73. The van der Waals surface area contributed by atoms with Crippen LogP contribution in [0.1, 0.15) is 29.9 Å². The lowest BCUT2D eigenvalue weighted by Crippen LogP contribution is -2.29. The standard InChI is InChI=1S/C23H18BrNO4/c1-2-14-5-11-17(12-6-14)25-20(18-4-3-13-29-18)19(22(27)23(25)28)21(26)15-7-9-16(24)10-8-15/h3-13,20,26H,2H2,1H3/b21-19-. The maximum atomic E-state index is 12.9. The topological polar surface area (TPSA) is 70.8 Å². The molecule has 1 unspecified atom stereocenters. The molecule has 1 atom stereocenters. The third-order valence-electron chi connectivity index (χ3n) is 5.00. The molecule has 1 aromatic heterocycles. The van der Waals surface area contributed by atoms with Crippen molar-refractivity contribution in [3.05, 3.63) is 93.9 Å². The van der Waals surface area contributed by atoms with Crippen molar-refractivity contribution in [2.45, 2.75) is 19.4 Å². The molecule has 29 heavy (non-hydrogen) atoms. The van der Waals surface area contributed by atoms with Gasteiger partial charge in [-0.25, -0.2) is 0 Å². The van der Waals surface area contributed by atoms with Crippen LogP contribution in [0.2, 0.25) is 0 Å². The van der Waals surface area contributed by atoms with Crippen LogP contribution in [0, 0.1) is 0 Å². The van der Waals surface area contributed by atoms with E-state index in [9.17, 15) is 14.7 Å². The first-order chi connectivity index (χ1) is 14.0. The summed E-state index contributed by atoms with van der Waals surface area (Å²) in [6.45, 7) is 2.04. The van der Waals surface area contributed by atoms with Gasteiger partial charge in [0.05, 0.1) is 11.8 Å². The third-order valence-corrected chi connectivity index (χ3v) is 5.53. The molecule has 5 nitrogen and oxygen atoms in total. The third kappa shape index (κ3) is 3.40. The van der Waals surface area contributed by atoms with Crippen molar-refractivity contribution in [2.24, 2.45) is 0 Å². The predicted octanol–water partition coefficient (Wildman–Crippen LogP) is 5.23. The molecule has 3 aromatic rings. The Labute approximate surface area is 176 Å². The molecule has 0 radical (unpaired) electrons. The summed E-state index contributed by atoms with van der Waals surface area (Å²) in [6, 6.07) is 16.9. The van der Waals surface area contributed by atoms with E-state index in [1.54, 1.807) is 48.5 Å². The zero-order valence-corrected chi connectivity index (χ0v) is 17.2. The lowest BCUT2D eigenvalue weighted by atomic mass is 9.99. The molecule has 1 aliphatic heterocycles. The average molecular weight is 452 g/mol. The number of carbonyl (C=O) groups is 2. The molecule has 0 spiro atoms. The molecule has 1 amide bonds. The summed E-state index contributed by atoms with van der Waals surface area (Å²) in [5.74, 6) is -1.27. The Bertz CT molecular complexity index is 1080. The Morgan fingerprint density at radius 3 is 2.34 bits per heavy atom. The lowest BCUT2D eigenvalue weighted by molar-refractivity contribution is -0.132. The highest BCUT2D eigenvalue weighted by Crippen LogP contribution is 2.42. The van der Waals surface area contributed by atoms with Gasteiger partial charge in [-0.2, -0.15) is 0 Å². The number of aliphatic hydroxyl groups excluding tert-OH is 1. The number of rotatable bonds is 4. The van der Waals surface area contributed by atoms with E-state index in [1.807, 2.05) is 19.1 Å². The van der Waals surface area contributed by atoms with Crippen molar-refractivity contribution in [1.82, 2.24) is 0 Å². The van der Waals surface area contributed by atoms with E-state index in [0.29, 0.717) is 17.0 Å². The van der Waals surface area contributed by atoms with Gasteiger partial charge < -0.3 is 9.52 Å². The van der Waals surface area contributed by atoms with E-state index in [4.69, 9.17) is 4.42 Å². The first-order valence-electron chi connectivity index (χ1n) is 9.20. The quantitative estimate of drug-likeness (QED) is 0.334. The molecule has 1 N–H and O–H groups in total. The zero-order chi connectivity index (χ0) is 20.5. The summed E-state index contributed by atoms with van der Waals surface area (Å²) < 4.78 is 6.39. The van der Waals surface area contributed by atoms with Crippen molar-refractivity contribution < 1.29 is 19.1 Å². The number of Topliss-reactive ketones (excluding diaryl/α,β-unsaturated/α-hetero) is 1. The second-order valence-corrected chi connectivity index (χ2v) is 7.63. The molecule has 146 valence electrons. The fourth-order valence-electron chi connectivity index (χ4n) is 3.47. The number of aliphatic hydroxyl groups is 1. The number of hydrogen-bond acceptors (Lipinski definition) is 4. The number of benzene rings is 2. The molecule has 1 fully saturated rings. The molecule has 2 aromatic carbocycles. The highest BCUT2D eigenvalue weighted by molar-refractivity contribution is 9.10. The lowest BCUT2D eigenvalue weighted by Gasteiger charge is -2.23. The number of ketones is 1. The van der Waals surface area contributed by atoms with Crippen LogP contribution >= 0.6 is 15.9 Å². The Balaban J connectivity index is 1.88. The van der Waals surface area contributed by atoms with Gasteiger partial charge in [-0.3, -0.25) is 14.5 Å². The van der Waals surface area contributed by atoms with Gasteiger partial charge in [0, 0.05) is 15.7 Å². The Hall–Kier alpha value is -3.12. The van der Waals surface area contributed by atoms with Crippen LogP contribution in [0.3, 0.4) is 0 Å². The van der Waals surface area contributed by atoms with E-state index in [0.717, 1.165) is 16.5 Å². The summed E-state index contributed by atoms with van der Waals surface area (Å²) in [4.78, 5) is 27.3. The van der Waals surface area contributed by atoms with Crippen molar-refractivity contribution in [2.75, 3.05) is 4.90 Å². The highest BCUT2D eigenvalue weighted by atomic mass is 79.9.